The molecular formula is C15H13BrClNO2. The Morgan fingerprint density at radius 1 is 1.20 bits per heavy atom. The average Bonchev–Trinajstić information content (AvgIpc) is 2.40. The summed E-state index contributed by atoms with van der Waals surface area (Å²) >= 11 is 9.14. The molecule has 3 nitrogen and oxygen atoms in total. The van der Waals surface area contributed by atoms with Gasteiger partial charge in [-0.25, -0.2) is 4.79 Å². The minimum atomic E-state index is -0.938. The Morgan fingerprint density at radius 2 is 1.90 bits per heavy atom. The summed E-state index contributed by atoms with van der Waals surface area (Å²) in [5.74, 6) is -0.938. The van der Waals surface area contributed by atoms with E-state index in [4.69, 9.17) is 16.7 Å². The zero-order valence-corrected chi connectivity index (χ0v) is 12.9. The molecule has 0 aliphatic heterocycles. The molecule has 0 bridgehead atoms. The van der Waals surface area contributed by atoms with Crippen LogP contribution in [0.4, 0.5) is 5.69 Å². The number of nitrogens with one attached hydrogen (secondary N) is 1. The van der Waals surface area contributed by atoms with Crippen molar-refractivity contribution in [3.63, 3.8) is 0 Å². The van der Waals surface area contributed by atoms with E-state index in [2.05, 4.69) is 21.2 Å². The van der Waals surface area contributed by atoms with Crippen LogP contribution in [0.15, 0.2) is 46.9 Å². The minimum absolute atomic E-state index is 0.258. The molecule has 2 aromatic carbocycles. The van der Waals surface area contributed by atoms with Crippen LogP contribution >= 0.6 is 27.5 Å². The smallest absolute Gasteiger partial charge is 0.335 e. The summed E-state index contributed by atoms with van der Waals surface area (Å²) in [6, 6.07) is 12.7. The van der Waals surface area contributed by atoms with E-state index in [1.807, 2.05) is 30.3 Å². The lowest BCUT2D eigenvalue weighted by Crippen LogP contribution is -2.06. The first kappa shape index (κ1) is 14.9. The normalized spacial score (nSPS) is 10.3. The zero-order valence-electron chi connectivity index (χ0n) is 10.6. The fraction of sp³-hybridized carbons (Fsp3) is 0.133. The maximum atomic E-state index is 11.0. The maximum Gasteiger partial charge on any atom is 0.335 e. The molecule has 5 heteroatoms. The summed E-state index contributed by atoms with van der Waals surface area (Å²) in [5, 5.41) is 12.9. The minimum Gasteiger partial charge on any atom is -0.478 e. The molecule has 0 aliphatic rings. The van der Waals surface area contributed by atoms with E-state index >= 15 is 0 Å². The zero-order chi connectivity index (χ0) is 14.5. The van der Waals surface area contributed by atoms with Crippen LogP contribution in [-0.2, 0) is 6.42 Å². The van der Waals surface area contributed by atoms with Crippen molar-refractivity contribution in [2.45, 2.75) is 6.42 Å². The molecule has 0 fully saturated rings. The van der Waals surface area contributed by atoms with Gasteiger partial charge in [0, 0.05) is 21.7 Å². The Balaban J connectivity index is 1.97. The van der Waals surface area contributed by atoms with Crippen LogP contribution in [-0.4, -0.2) is 17.6 Å². The topological polar surface area (TPSA) is 49.3 Å². The van der Waals surface area contributed by atoms with E-state index in [1.165, 1.54) is 5.56 Å². The van der Waals surface area contributed by atoms with Gasteiger partial charge >= 0.3 is 5.97 Å². The summed E-state index contributed by atoms with van der Waals surface area (Å²) < 4.78 is 0.742. The second-order valence-corrected chi connectivity index (χ2v) is 5.69. The molecule has 0 aromatic heterocycles. The highest BCUT2D eigenvalue weighted by molar-refractivity contribution is 9.10. The van der Waals surface area contributed by atoms with Crippen molar-refractivity contribution in [2.24, 2.45) is 0 Å². The second-order valence-electron chi connectivity index (χ2n) is 4.34. The number of carboxylic acid groups (broad SMARTS) is 1. The van der Waals surface area contributed by atoms with Gasteiger partial charge in [-0.05, 0) is 42.3 Å². The standard InChI is InChI=1S/C15H13BrClNO2/c16-12-7-11(15(19)20)8-14(9-12)18-6-5-10-1-3-13(17)4-2-10/h1-4,7-9,18H,5-6H2,(H,19,20). The number of rotatable bonds is 5. The SMILES string of the molecule is O=C(O)c1cc(Br)cc(NCCc2ccc(Cl)cc2)c1. The van der Waals surface area contributed by atoms with E-state index in [0.29, 0.717) is 0 Å². The molecule has 0 atom stereocenters. The Bertz CT molecular complexity index is 614. The molecule has 2 aromatic rings. The molecule has 2 rings (SSSR count). The molecule has 0 radical (unpaired) electrons. The molecule has 0 heterocycles. The van der Waals surface area contributed by atoms with Gasteiger partial charge in [-0.2, -0.15) is 0 Å². The number of carbonyl (C=O) groups is 1. The van der Waals surface area contributed by atoms with E-state index in [0.717, 1.165) is 28.1 Å². The summed E-state index contributed by atoms with van der Waals surface area (Å²) in [6.07, 6.45) is 0.839. The lowest BCUT2D eigenvalue weighted by atomic mass is 10.1. The van der Waals surface area contributed by atoms with Gasteiger partial charge in [0.25, 0.3) is 0 Å². The molecule has 2 N–H and O–H groups in total. The maximum absolute atomic E-state index is 11.0. The molecule has 0 aliphatic carbocycles. The van der Waals surface area contributed by atoms with Gasteiger partial charge in [0.2, 0.25) is 0 Å². The molecule has 104 valence electrons. The first-order valence-electron chi connectivity index (χ1n) is 6.07. The predicted octanol–water partition coefficient (Wildman–Crippen LogP) is 4.46. The first-order chi connectivity index (χ1) is 9.54. The Hall–Kier alpha value is -1.52. The first-order valence-corrected chi connectivity index (χ1v) is 7.24. The van der Waals surface area contributed by atoms with Gasteiger partial charge in [0.05, 0.1) is 5.56 Å². The molecule has 0 spiro atoms. The number of halogens is 2. The molecule has 0 unspecified atom stereocenters. The highest BCUT2D eigenvalue weighted by Crippen LogP contribution is 2.20. The number of benzene rings is 2. The van der Waals surface area contributed by atoms with E-state index in [1.54, 1.807) is 12.1 Å². The Labute approximate surface area is 130 Å². The Morgan fingerprint density at radius 3 is 2.55 bits per heavy atom. The number of carboxylic acids is 1. The number of aromatic carboxylic acids is 1. The lowest BCUT2D eigenvalue weighted by molar-refractivity contribution is 0.0697. The van der Waals surface area contributed by atoms with Crippen molar-refractivity contribution in [1.82, 2.24) is 0 Å². The highest BCUT2D eigenvalue weighted by Gasteiger charge is 2.05. The van der Waals surface area contributed by atoms with Gasteiger partial charge in [-0.1, -0.05) is 39.7 Å². The van der Waals surface area contributed by atoms with Gasteiger partial charge in [-0.15, -0.1) is 0 Å². The van der Waals surface area contributed by atoms with Gasteiger partial charge < -0.3 is 10.4 Å². The van der Waals surface area contributed by atoms with Crippen LogP contribution in [0, 0.1) is 0 Å². The van der Waals surface area contributed by atoms with Crippen LogP contribution < -0.4 is 5.32 Å². The monoisotopic (exact) mass is 353 g/mol. The van der Waals surface area contributed by atoms with Gasteiger partial charge in [-0.3, -0.25) is 0 Å². The fourth-order valence-corrected chi connectivity index (χ4v) is 2.44. The fourth-order valence-electron chi connectivity index (χ4n) is 1.82. The third-order valence-electron chi connectivity index (χ3n) is 2.80. The molecular weight excluding hydrogens is 342 g/mol. The number of hydrogen-bond acceptors (Lipinski definition) is 2. The van der Waals surface area contributed by atoms with Crippen molar-refractivity contribution in [2.75, 3.05) is 11.9 Å². The summed E-state index contributed by atoms with van der Waals surface area (Å²) in [5.41, 5.74) is 2.22. The molecule has 0 amide bonds. The quantitative estimate of drug-likeness (QED) is 0.833. The van der Waals surface area contributed by atoms with Crippen molar-refractivity contribution >= 4 is 39.2 Å². The summed E-state index contributed by atoms with van der Waals surface area (Å²) in [7, 11) is 0. The van der Waals surface area contributed by atoms with E-state index in [-0.39, 0.29) is 5.56 Å². The van der Waals surface area contributed by atoms with E-state index in [9.17, 15) is 4.79 Å². The van der Waals surface area contributed by atoms with Crippen LogP contribution in [0.25, 0.3) is 0 Å². The van der Waals surface area contributed by atoms with Gasteiger partial charge in [0.1, 0.15) is 0 Å². The van der Waals surface area contributed by atoms with Crippen LogP contribution in [0.5, 0.6) is 0 Å². The van der Waals surface area contributed by atoms with Gasteiger partial charge in [0.15, 0.2) is 0 Å². The molecule has 0 saturated carbocycles. The van der Waals surface area contributed by atoms with Crippen molar-refractivity contribution in [3.8, 4) is 0 Å². The highest BCUT2D eigenvalue weighted by atomic mass is 79.9. The third-order valence-corrected chi connectivity index (χ3v) is 3.51. The van der Waals surface area contributed by atoms with Crippen molar-refractivity contribution in [3.05, 3.63) is 63.1 Å². The number of hydrogen-bond donors (Lipinski definition) is 2. The largest absolute Gasteiger partial charge is 0.478 e. The van der Waals surface area contributed by atoms with Crippen molar-refractivity contribution < 1.29 is 9.90 Å². The lowest BCUT2D eigenvalue weighted by Gasteiger charge is -2.08. The van der Waals surface area contributed by atoms with Crippen molar-refractivity contribution in [1.29, 1.82) is 0 Å². The average molecular weight is 355 g/mol. The third kappa shape index (κ3) is 4.25. The van der Waals surface area contributed by atoms with E-state index < -0.39 is 5.97 Å². The van der Waals surface area contributed by atoms with Crippen LogP contribution in [0.3, 0.4) is 0 Å². The molecule has 0 saturated heterocycles. The number of anilines is 1. The Kier molecular flexibility index (Phi) is 5.04. The van der Waals surface area contributed by atoms with Crippen LogP contribution in [0.1, 0.15) is 15.9 Å². The van der Waals surface area contributed by atoms with Crippen LogP contribution in [0.2, 0.25) is 5.02 Å². The summed E-state index contributed by atoms with van der Waals surface area (Å²) in [6.45, 7) is 0.719. The predicted molar refractivity (Wildman–Crippen MR) is 84.7 cm³/mol. The second kappa shape index (κ2) is 6.77. The molecule has 20 heavy (non-hydrogen) atoms. The summed E-state index contributed by atoms with van der Waals surface area (Å²) in [4.78, 5) is 11.0.